The van der Waals surface area contributed by atoms with Gasteiger partial charge >= 0.3 is 0 Å². The summed E-state index contributed by atoms with van der Waals surface area (Å²) in [5, 5.41) is 5.79. The van der Waals surface area contributed by atoms with Gasteiger partial charge in [-0.1, -0.05) is 12.1 Å². The number of hydrogen-bond donors (Lipinski definition) is 2. The van der Waals surface area contributed by atoms with Crippen molar-refractivity contribution < 1.29 is 14.4 Å². The fourth-order valence-corrected chi connectivity index (χ4v) is 2.49. The minimum atomic E-state index is -0.330. The predicted octanol–water partition coefficient (Wildman–Crippen LogP) is 2.36. The van der Waals surface area contributed by atoms with Crippen LogP contribution in [0.1, 0.15) is 56.5 Å². The van der Waals surface area contributed by atoms with Crippen molar-refractivity contribution in [3.63, 3.8) is 0 Å². The van der Waals surface area contributed by atoms with E-state index in [1.807, 2.05) is 27.7 Å². The molecule has 1 fully saturated rings. The van der Waals surface area contributed by atoms with E-state index in [-0.39, 0.29) is 29.8 Å². The number of hydrogen-bond acceptors (Lipinski definition) is 3. The van der Waals surface area contributed by atoms with Crippen LogP contribution in [0, 0.1) is 0 Å². The average Bonchev–Trinajstić information content (AvgIpc) is 3.40. The summed E-state index contributed by atoms with van der Waals surface area (Å²) in [6.07, 6.45) is 5.25. The van der Waals surface area contributed by atoms with Crippen molar-refractivity contribution >= 4 is 23.8 Å². The summed E-state index contributed by atoms with van der Waals surface area (Å²) in [6.45, 7) is 8.01. The Labute approximate surface area is 161 Å². The Bertz CT molecular complexity index is 713. The van der Waals surface area contributed by atoms with Crippen molar-refractivity contribution in [2.45, 2.75) is 52.1 Å². The lowest BCUT2D eigenvalue weighted by Gasteiger charge is -2.24. The number of benzene rings is 1. The van der Waals surface area contributed by atoms with Gasteiger partial charge in [0.1, 0.15) is 0 Å². The summed E-state index contributed by atoms with van der Waals surface area (Å²) in [7, 11) is 0. The Hall–Kier alpha value is -2.63. The third-order valence-electron chi connectivity index (χ3n) is 4.05. The molecule has 0 atom stereocenters. The Morgan fingerprint density at radius 2 is 1.78 bits per heavy atom. The monoisotopic (exact) mass is 371 g/mol. The predicted molar refractivity (Wildman–Crippen MR) is 106 cm³/mol. The van der Waals surface area contributed by atoms with E-state index in [2.05, 4.69) is 10.6 Å². The molecular weight excluding hydrogens is 342 g/mol. The highest BCUT2D eigenvalue weighted by atomic mass is 16.2. The number of nitrogens with zero attached hydrogens (tertiary/aromatic N) is 1. The second-order valence-corrected chi connectivity index (χ2v) is 7.85. The minimum Gasteiger partial charge on any atom is -0.350 e. The standard InChI is InChI=1S/C21H29N3O3/c1-5-24(14-18(25)23-21(2,3)4)19(26)13-8-15-6-9-16(10-7-15)20(27)22-17-11-12-17/h6-10,13,17H,5,11-12,14H2,1-4H3,(H,22,27)(H,23,25)/b13-8+. The van der Waals surface area contributed by atoms with E-state index < -0.39 is 0 Å². The molecular formula is C21H29N3O3. The van der Waals surface area contributed by atoms with Crippen LogP contribution in [0.3, 0.4) is 0 Å². The van der Waals surface area contributed by atoms with E-state index in [4.69, 9.17) is 0 Å². The van der Waals surface area contributed by atoms with Crippen LogP contribution < -0.4 is 10.6 Å². The maximum Gasteiger partial charge on any atom is 0.251 e. The second-order valence-electron chi connectivity index (χ2n) is 7.85. The summed E-state index contributed by atoms with van der Waals surface area (Å²) >= 11 is 0. The Balaban J connectivity index is 1.91. The van der Waals surface area contributed by atoms with Crippen LogP contribution in [0.2, 0.25) is 0 Å². The fraction of sp³-hybridized carbons (Fsp3) is 0.476. The molecule has 3 amide bonds. The topological polar surface area (TPSA) is 78.5 Å². The van der Waals surface area contributed by atoms with E-state index in [1.165, 1.54) is 11.0 Å². The molecule has 2 rings (SSSR count). The quantitative estimate of drug-likeness (QED) is 0.722. The summed E-state index contributed by atoms with van der Waals surface area (Å²) in [5.41, 5.74) is 1.10. The van der Waals surface area contributed by atoms with Crippen molar-refractivity contribution in [2.24, 2.45) is 0 Å². The highest BCUT2D eigenvalue weighted by molar-refractivity contribution is 5.96. The van der Waals surface area contributed by atoms with Crippen LogP contribution in [-0.4, -0.2) is 47.3 Å². The molecule has 0 bridgehead atoms. The molecule has 1 aliphatic carbocycles. The number of carbonyl (C=O) groups is 3. The van der Waals surface area contributed by atoms with E-state index in [0.29, 0.717) is 18.2 Å². The normalized spacial score (nSPS) is 14.1. The molecule has 146 valence electrons. The average molecular weight is 371 g/mol. The first-order chi connectivity index (χ1) is 12.7. The maximum atomic E-state index is 12.3. The molecule has 1 aromatic carbocycles. The molecule has 2 N–H and O–H groups in total. The zero-order valence-electron chi connectivity index (χ0n) is 16.5. The number of amides is 3. The first-order valence-corrected chi connectivity index (χ1v) is 9.37. The van der Waals surface area contributed by atoms with Crippen LogP contribution in [0.4, 0.5) is 0 Å². The molecule has 0 radical (unpaired) electrons. The van der Waals surface area contributed by atoms with Gasteiger partial charge in [-0.25, -0.2) is 0 Å². The molecule has 0 aromatic heterocycles. The van der Waals surface area contributed by atoms with Crippen LogP contribution in [0.15, 0.2) is 30.3 Å². The molecule has 0 spiro atoms. The zero-order valence-corrected chi connectivity index (χ0v) is 16.5. The number of likely N-dealkylation sites (N-methyl/N-ethyl adjacent to an activating group) is 1. The maximum absolute atomic E-state index is 12.3. The molecule has 0 aliphatic heterocycles. The molecule has 6 nitrogen and oxygen atoms in total. The van der Waals surface area contributed by atoms with Gasteiger partial charge in [0.05, 0.1) is 6.54 Å². The highest BCUT2D eigenvalue weighted by Gasteiger charge is 2.23. The lowest BCUT2D eigenvalue weighted by molar-refractivity contribution is -0.132. The van der Waals surface area contributed by atoms with E-state index in [1.54, 1.807) is 30.3 Å². The van der Waals surface area contributed by atoms with Gasteiger partial charge < -0.3 is 15.5 Å². The zero-order chi connectivity index (χ0) is 20.0. The van der Waals surface area contributed by atoms with Gasteiger partial charge in [-0.2, -0.15) is 0 Å². The summed E-state index contributed by atoms with van der Waals surface area (Å²) in [4.78, 5) is 37.8. The molecule has 1 aromatic rings. The Kier molecular flexibility index (Phi) is 6.77. The van der Waals surface area contributed by atoms with Crippen molar-refractivity contribution in [3.8, 4) is 0 Å². The number of nitrogens with one attached hydrogen (secondary N) is 2. The van der Waals surface area contributed by atoms with E-state index in [9.17, 15) is 14.4 Å². The Morgan fingerprint density at radius 1 is 1.15 bits per heavy atom. The van der Waals surface area contributed by atoms with Gasteiger partial charge in [-0.05, 0) is 64.3 Å². The summed E-state index contributed by atoms with van der Waals surface area (Å²) < 4.78 is 0. The first-order valence-electron chi connectivity index (χ1n) is 9.37. The van der Waals surface area contributed by atoms with Crippen molar-refractivity contribution in [1.29, 1.82) is 0 Å². The smallest absolute Gasteiger partial charge is 0.251 e. The summed E-state index contributed by atoms with van der Waals surface area (Å²) in [6, 6.07) is 7.42. The molecule has 6 heteroatoms. The molecule has 1 saturated carbocycles. The minimum absolute atomic E-state index is 0.0250. The van der Waals surface area contributed by atoms with Crippen LogP contribution in [-0.2, 0) is 9.59 Å². The SMILES string of the molecule is CCN(CC(=O)NC(C)(C)C)C(=O)/C=C/c1ccc(C(=O)NC2CC2)cc1. The largest absolute Gasteiger partial charge is 0.350 e. The molecule has 27 heavy (non-hydrogen) atoms. The van der Waals surface area contributed by atoms with Crippen LogP contribution in [0.5, 0.6) is 0 Å². The first kappa shape index (κ1) is 20.7. The van der Waals surface area contributed by atoms with Gasteiger partial charge in [0.15, 0.2) is 0 Å². The van der Waals surface area contributed by atoms with Crippen LogP contribution >= 0.6 is 0 Å². The lowest BCUT2D eigenvalue weighted by Crippen LogP contribution is -2.47. The molecule has 0 heterocycles. The van der Waals surface area contributed by atoms with E-state index >= 15 is 0 Å². The van der Waals surface area contributed by atoms with Gasteiger partial charge in [-0.15, -0.1) is 0 Å². The highest BCUT2D eigenvalue weighted by Crippen LogP contribution is 2.19. The lowest BCUT2D eigenvalue weighted by atomic mass is 10.1. The number of rotatable bonds is 7. The Morgan fingerprint density at radius 3 is 2.30 bits per heavy atom. The van der Waals surface area contributed by atoms with Gasteiger partial charge in [0.2, 0.25) is 11.8 Å². The second kappa shape index (κ2) is 8.84. The van der Waals surface area contributed by atoms with Crippen molar-refractivity contribution in [1.82, 2.24) is 15.5 Å². The van der Waals surface area contributed by atoms with Crippen molar-refractivity contribution in [3.05, 3.63) is 41.5 Å². The third kappa shape index (κ3) is 7.25. The van der Waals surface area contributed by atoms with Gasteiger partial charge in [0.25, 0.3) is 5.91 Å². The molecule has 1 aliphatic rings. The van der Waals surface area contributed by atoms with E-state index in [0.717, 1.165) is 18.4 Å². The van der Waals surface area contributed by atoms with Gasteiger partial charge in [-0.3, -0.25) is 14.4 Å². The molecule has 0 unspecified atom stereocenters. The van der Waals surface area contributed by atoms with Crippen molar-refractivity contribution in [2.75, 3.05) is 13.1 Å². The fourth-order valence-electron chi connectivity index (χ4n) is 2.49. The molecule has 0 saturated heterocycles. The number of carbonyl (C=O) groups excluding carboxylic acids is 3. The third-order valence-corrected chi connectivity index (χ3v) is 4.05. The van der Waals surface area contributed by atoms with Gasteiger partial charge in [0, 0.05) is 29.8 Å². The van der Waals surface area contributed by atoms with Crippen LogP contribution in [0.25, 0.3) is 6.08 Å². The summed E-state index contributed by atoms with van der Waals surface area (Å²) in [5.74, 6) is -0.472.